The van der Waals surface area contributed by atoms with E-state index in [-0.39, 0.29) is 5.16 Å². The van der Waals surface area contributed by atoms with Gasteiger partial charge in [0.05, 0.1) is 5.39 Å². The predicted octanol–water partition coefficient (Wildman–Crippen LogP) is 3.45. The van der Waals surface area contributed by atoms with Crippen molar-refractivity contribution < 1.29 is 8.42 Å². The molecule has 0 radical (unpaired) electrons. The van der Waals surface area contributed by atoms with Crippen LogP contribution in [0.5, 0.6) is 0 Å². The predicted molar refractivity (Wildman–Crippen MR) is 98.5 cm³/mol. The standard InChI is InChI=1S/C17H19N3O2S2/c1-12-11-14-15(18-10-6-9-13-7-4-3-5-8-13)19-17(24(2,21)22)20-16(14)23-12/h3-5,7-8,11H,6,9-10H2,1-2H3,(H,18,19,20). The third kappa shape index (κ3) is 3.91. The molecule has 7 heteroatoms. The van der Waals surface area contributed by atoms with Crippen LogP contribution in [0.4, 0.5) is 5.82 Å². The molecule has 24 heavy (non-hydrogen) atoms. The quantitative estimate of drug-likeness (QED) is 0.538. The fourth-order valence-electron chi connectivity index (χ4n) is 2.47. The van der Waals surface area contributed by atoms with Gasteiger partial charge < -0.3 is 5.32 Å². The van der Waals surface area contributed by atoms with E-state index in [0.29, 0.717) is 10.6 Å². The van der Waals surface area contributed by atoms with Gasteiger partial charge in [-0.25, -0.2) is 18.4 Å². The zero-order chi connectivity index (χ0) is 17.2. The molecule has 3 aromatic rings. The van der Waals surface area contributed by atoms with Crippen LogP contribution in [0.3, 0.4) is 0 Å². The van der Waals surface area contributed by atoms with Gasteiger partial charge in [0.2, 0.25) is 15.0 Å². The average molecular weight is 361 g/mol. The Labute approximate surface area is 145 Å². The van der Waals surface area contributed by atoms with Crippen LogP contribution in [-0.2, 0) is 16.3 Å². The molecule has 0 unspecified atom stereocenters. The molecule has 1 N–H and O–H groups in total. The van der Waals surface area contributed by atoms with E-state index in [1.165, 1.54) is 16.9 Å². The molecule has 0 fully saturated rings. The number of nitrogens with one attached hydrogen (secondary N) is 1. The fraction of sp³-hybridized carbons (Fsp3) is 0.294. The number of fused-ring (bicyclic) bond motifs is 1. The summed E-state index contributed by atoms with van der Waals surface area (Å²) in [5.74, 6) is 0.595. The monoisotopic (exact) mass is 361 g/mol. The van der Waals surface area contributed by atoms with Crippen molar-refractivity contribution in [1.82, 2.24) is 9.97 Å². The van der Waals surface area contributed by atoms with Gasteiger partial charge in [0.1, 0.15) is 10.6 Å². The lowest BCUT2D eigenvalue weighted by atomic mass is 10.1. The molecule has 0 saturated carbocycles. The van der Waals surface area contributed by atoms with Gasteiger partial charge in [-0.1, -0.05) is 30.3 Å². The molecule has 0 saturated heterocycles. The normalized spacial score (nSPS) is 11.8. The van der Waals surface area contributed by atoms with Crippen molar-refractivity contribution in [2.45, 2.75) is 24.9 Å². The number of aromatic nitrogens is 2. The van der Waals surface area contributed by atoms with Crippen molar-refractivity contribution in [3.63, 3.8) is 0 Å². The molecule has 126 valence electrons. The second-order valence-electron chi connectivity index (χ2n) is 5.72. The smallest absolute Gasteiger partial charge is 0.250 e. The average Bonchev–Trinajstić information content (AvgIpc) is 2.92. The van der Waals surface area contributed by atoms with Crippen LogP contribution in [0.25, 0.3) is 10.2 Å². The molecule has 2 heterocycles. The van der Waals surface area contributed by atoms with Gasteiger partial charge in [-0.2, -0.15) is 0 Å². The molecule has 0 bridgehead atoms. The Morgan fingerprint density at radius 3 is 2.62 bits per heavy atom. The Kier molecular flexibility index (Phi) is 4.82. The summed E-state index contributed by atoms with van der Waals surface area (Å²) in [6.07, 6.45) is 3.03. The Morgan fingerprint density at radius 2 is 1.92 bits per heavy atom. The first-order valence-corrected chi connectivity index (χ1v) is 10.4. The highest BCUT2D eigenvalue weighted by Crippen LogP contribution is 2.29. The van der Waals surface area contributed by atoms with E-state index in [0.717, 1.165) is 35.9 Å². The molecule has 0 atom stereocenters. The summed E-state index contributed by atoms with van der Waals surface area (Å²) in [6.45, 7) is 2.70. The van der Waals surface area contributed by atoms with Gasteiger partial charge in [0, 0.05) is 17.7 Å². The number of nitrogens with zero attached hydrogens (tertiary/aromatic N) is 2. The number of thiophene rings is 1. The van der Waals surface area contributed by atoms with Crippen molar-refractivity contribution in [3.8, 4) is 0 Å². The summed E-state index contributed by atoms with van der Waals surface area (Å²) in [7, 11) is -3.44. The SMILES string of the molecule is Cc1cc2c(NCCCc3ccccc3)nc(S(C)(=O)=O)nc2s1. The van der Waals surface area contributed by atoms with Crippen LogP contribution in [-0.4, -0.2) is 31.2 Å². The number of hydrogen-bond acceptors (Lipinski definition) is 6. The lowest BCUT2D eigenvalue weighted by molar-refractivity contribution is 0.594. The van der Waals surface area contributed by atoms with Gasteiger partial charge in [-0.3, -0.25) is 0 Å². The van der Waals surface area contributed by atoms with E-state index in [1.54, 1.807) is 0 Å². The van der Waals surface area contributed by atoms with Crippen LogP contribution < -0.4 is 5.32 Å². The number of hydrogen-bond donors (Lipinski definition) is 1. The lowest BCUT2D eigenvalue weighted by Crippen LogP contribution is -2.09. The molecule has 3 rings (SSSR count). The van der Waals surface area contributed by atoms with E-state index in [2.05, 4.69) is 27.4 Å². The van der Waals surface area contributed by atoms with Gasteiger partial charge in [-0.15, -0.1) is 11.3 Å². The Hall–Kier alpha value is -1.99. The van der Waals surface area contributed by atoms with Gasteiger partial charge in [0.25, 0.3) is 0 Å². The number of aryl methyl sites for hydroxylation is 2. The van der Waals surface area contributed by atoms with E-state index in [1.807, 2.05) is 31.2 Å². The van der Waals surface area contributed by atoms with E-state index in [9.17, 15) is 8.42 Å². The minimum atomic E-state index is -3.44. The highest BCUT2D eigenvalue weighted by Gasteiger charge is 2.16. The van der Waals surface area contributed by atoms with Crippen LogP contribution in [0.15, 0.2) is 41.6 Å². The number of benzene rings is 1. The van der Waals surface area contributed by atoms with E-state index >= 15 is 0 Å². The summed E-state index contributed by atoms with van der Waals surface area (Å²) in [6, 6.07) is 12.3. The topological polar surface area (TPSA) is 72.0 Å². The van der Waals surface area contributed by atoms with Crippen LogP contribution >= 0.6 is 11.3 Å². The van der Waals surface area contributed by atoms with Crippen LogP contribution in [0, 0.1) is 6.92 Å². The van der Waals surface area contributed by atoms with Gasteiger partial charge in [0.15, 0.2) is 0 Å². The number of anilines is 1. The maximum absolute atomic E-state index is 11.8. The maximum atomic E-state index is 11.8. The first-order chi connectivity index (χ1) is 11.4. The molecule has 0 aliphatic carbocycles. The maximum Gasteiger partial charge on any atom is 0.250 e. The van der Waals surface area contributed by atoms with E-state index < -0.39 is 9.84 Å². The highest BCUT2D eigenvalue weighted by molar-refractivity contribution is 7.90. The molecular formula is C17H19N3O2S2. The largest absolute Gasteiger partial charge is 0.369 e. The zero-order valence-electron chi connectivity index (χ0n) is 13.6. The number of sulfone groups is 1. The number of rotatable bonds is 6. The Bertz CT molecular complexity index is 951. The van der Waals surface area contributed by atoms with E-state index in [4.69, 9.17) is 0 Å². The van der Waals surface area contributed by atoms with Crippen molar-refractivity contribution in [2.24, 2.45) is 0 Å². The highest BCUT2D eigenvalue weighted by atomic mass is 32.2. The minimum absolute atomic E-state index is 0.123. The molecule has 0 spiro atoms. The van der Waals surface area contributed by atoms with Gasteiger partial charge in [-0.05, 0) is 31.4 Å². The van der Waals surface area contributed by atoms with Crippen molar-refractivity contribution in [2.75, 3.05) is 18.1 Å². The molecule has 5 nitrogen and oxygen atoms in total. The van der Waals surface area contributed by atoms with Crippen LogP contribution in [0.1, 0.15) is 16.9 Å². The summed E-state index contributed by atoms with van der Waals surface area (Å²) in [5.41, 5.74) is 1.29. The second kappa shape index (κ2) is 6.86. The third-order valence-electron chi connectivity index (χ3n) is 3.60. The minimum Gasteiger partial charge on any atom is -0.369 e. The molecule has 0 aliphatic rings. The third-order valence-corrected chi connectivity index (χ3v) is 5.39. The first-order valence-electron chi connectivity index (χ1n) is 7.69. The molecular weight excluding hydrogens is 342 g/mol. The van der Waals surface area contributed by atoms with Crippen molar-refractivity contribution in [3.05, 3.63) is 46.8 Å². The fourth-order valence-corrected chi connectivity index (χ4v) is 3.92. The van der Waals surface area contributed by atoms with Crippen molar-refractivity contribution >= 4 is 37.2 Å². The Morgan fingerprint density at radius 1 is 1.17 bits per heavy atom. The summed E-state index contributed by atoms with van der Waals surface area (Å²) in [4.78, 5) is 10.2. The van der Waals surface area contributed by atoms with Crippen molar-refractivity contribution in [1.29, 1.82) is 0 Å². The first kappa shape index (κ1) is 16.9. The lowest BCUT2D eigenvalue weighted by Gasteiger charge is -2.08. The summed E-state index contributed by atoms with van der Waals surface area (Å²) in [5, 5.41) is 4.03. The van der Waals surface area contributed by atoms with Gasteiger partial charge >= 0.3 is 0 Å². The summed E-state index contributed by atoms with van der Waals surface area (Å²) < 4.78 is 23.6. The molecule has 1 aromatic carbocycles. The Balaban J connectivity index is 1.77. The molecule has 0 amide bonds. The van der Waals surface area contributed by atoms with Crippen LogP contribution in [0.2, 0.25) is 0 Å². The zero-order valence-corrected chi connectivity index (χ0v) is 15.2. The molecule has 2 aromatic heterocycles. The molecule has 0 aliphatic heterocycles. The summed E-state index contributed by atoms with van der Waals surface area (Å²) >= 11 is 1.48. The second-order valence-corrected chi connectivity index (χ2v) is 8.86.